The molecule has 0 saturated heterocycles. The van der Waals surface area contributed by atoms with Crippen molar-refractivity contribution < 1.29 is 5.11 Å². The topological polar surface area (TPSA) is 20.2 Å². The van der Waals surface area contributed by atoms with Crippen LogP contribution in [0.5, 0.6) is 5.75 Å². The van der Waals surface area contributed by atoms with Crippen LogP contribution in [0, 0.1) is 26.0 Å². The Morgan fingerprint density at radius 3 is 2.44 bits per heavy atom. The Morgan fingerprint density at radius 1 is 1.33 bits per heavy atom. The molecular weight excluding hydrogens is 112 g/mol. The molecule has 0 amide bonds. The summed E-state index contributed by atoms with van der Waals surface area (Å²) in [5, 5.41) is 8.96. The van der Waals surface area contributed by atoms with Crippen molar-refractivity contribution in [2.45, 2.75) is 13.8 Å². The zero-order chi connectivity index (χ0) is 6.85. The van der Waals surface area contributed by atoms with E-state index in [-0.39, 0.29) is 5.75 Å². The lowest BCUT2D eigenvalue weighted by Gasteiger charge is -1.91. The highest BCUT2D eigenvalue weighted by atomic mass is 16.3. The Labute approximate surface area is 55.0 Å². The Kier molecular flexibility index (Phi) is 1.32. The third-order valence-electron chi connectivity index (χ3n) is 1.18. The Morgan fingerprint density at radius 2 is 2.00 bits per heavy atom. The van der Waals surface area contributed by atoms with Gasteiger partial charge in [0.1, 0.15) is 0 Å². The molecule has 1 nitrogen and oxygen atoms in total. The van der Waals surface area contributed by atoms with Crippen LogP contribution in [0.4, 0.5) is 0 Å². The molecule has 1 heteroatoms. The first kappa shape index (κ1) is 5.97. The minimum absolute atomic E-state index is 0.195. The van der Waals surface area contributed by atoms with Gasteiger partial charge >= 0.3 is 0 Å². The largest absolute Gasteiger partial charge is 0.500 e. The highest BCUT2D eigenvalue weighted by molar-refractivity contribution is 5.28. The summed E-state index contributed by atoms with van der Waals surface area (Å²) in [5.41, 5.74) is 1.86. The minimum Gasteiger partial charge on any atom is -0.500 e. The summed E-state index contributed by atoms with van der Waals surface area (Å²) < 4.78 is 0. The monoisotopic (exact) mass is 120 g/mol. The Hall–Kier alpha value is -1.16. The lowest BCUT2D eigenvalue weighted by Crippen LogP contribution is -1.72. The van der Waals surface area contributed by atoms with Crippen LogP contribution >= 0.6 is 0 Å². The fourth-order valence-corrected chi connectivity index (χ4v) is 0.686. The van der Waals surface area contributed by atoms with Crippen molar-refractivity contribution >= 4 is 0 Å². The molecule has 1 aromatic rings. The van der Waals surface area contributed by atoms with Crippen LogP contribution in [0.3, 0.4) is 0 Å². The van der Waals surface area contributed by atoms with E-state index in [1.165, 1.54) is 0 Å². The fourth-order valence-electron chi connectivity index (χ4n) is 0.686. The van der Waals surface area contributed by atoms with Gasteiger partial charge in [-0.1, -0.05) is 6.07 Å². The van der Waals surface area contributed by atoms with Crippen LogP contribution in [0.25, 0.3) is 0 Å². The molecule has 0 aliphatic heterocycles. The summed E-state index contributed by atoms with van der Waals surface area (Å²) in [6, 6.07) is 7.23. The van der Waals surface area contributed by atoms with E-state index in [0.717, 1.165) is 11.1 Å². The predicted octanol–water partition coefficient (Wildman–Crippen LogP) is 1.61. The summed E-state index contributed by atoms with van der Waals surface area (Å²) in [4.78, 5) is 0. The van der Waals surface area contributed by atoms with Gasteiger partial charge in [0.25, 0.3) is 0 Å². The summed E-state index contributed by atoms with van der Waals surface area (Å²) in [5.74, 6) is 0.195. The molecule has 0 saturated carbocycles. The second-order valence-corrected chi connectivity index (χ2v) is 2.11. The first-order valence-electron chi connectivity index (χ1n) is 2.80. The molecule has 0 aliphatic rings. The van der Waals surface area contributed by atoms with Gasteiger partial charge in [-0.25, -0.2) is 0 Å². The van der Waals surface area contributed by atoms with Crippen molar-refractivity contribution in [3.8, 4) is 5.75 Å². The number of hydrogen-bond donors (Lipinski definition) is 1. The van der Waals surface area contributed by atoms with Crippen molar-refractivity contribution in [3.63, 3.8) is 0 Å². The molecule has 0 spiro atoms. The number of hydrogen-bond acceptors (Lipinski definition) is 1. The SMILES string of the molecule is Cc1c#cc(O)c(C)c1. The molecule has 0 fully saturated rings. The van der Waals surface area contributed by atoms with Gasteiger partial charge in [-0.3, -0.25) is 0 Å². The molecule has 0 radical (unpaired) electrons. The molecule has 1 rings (SSSR count). The summed E-state index contributed by atoms with van der Waals surface area (Å²) in [6.45, 7) is 3.76. The van der Waals surface area contributed by atoms with E-state index in [1.807, 2.05) is 19.9 Å². The van der Waals surface area contributed by atoms with Gasteiger partial charge < -0.3 is 5.11 Å². The van der Waals surface area contributed by atoms with Gasteiger partial charge in [0.2, 0.25) is 0 Å². The third kappa shape index (κ3) is 1.14. The van der Waals surface area contributed by atoms with E-state index >= 15 is 0 Å². The summed E-state index contributed by atoms with van der Waals surface area (Å²) in [7, 11) is 0. The second kappa shape index (κ2) is 1.99. The van der Waals surface area contributed by atoms with Crippen molar-refractivity contribution in [3.05, 3.63) is 29.3 Å². The number of rotatable bonds is 0. The number of aryl methyl sites for hydroxylation is 2. The van der Waals surface area contributed by atoms with E-state index < -0.39 is 0 Å². The second-order valence-electron chi connectivity index (χ2n) is 2.11. The molecule has 0 unspecified atom stereocenters. The van der Waals surface area contributed by atoms with Crippen LogP contribution in [-0.4, -0.2) is 5.11 Å². The summed E-state index contributed by atoms with van der Waals surface area (Å²) >= 11 is 0. The van der Waals surface area contributed by atoms with E-state index in [0.29, 0.717) is 0 Å². The van der Waals surface area contributed by atoms with Gasteiger partial charge in [0.15, 0.2) is 5.75 Å². The van der Waals surface area contributed by atoms with Crippen LogP contribution in [-0.2, 0) is 0 Å². The summed E-state index contributed by atoms with van der Waals surface area (Å²) in [6.07, 6.45) is 0. The maximum absolute atomic E-state index is 8.96. The van der Waals surface area contributed by atoms with Gasteiger partial charge in [-0.05, 0) is 31.5 Å². The molecule has 0 aliphatic carbocycles. The fraction of sp³-hybridized carbons (Fsp3) is 0.250. The maximum Gasteiger partial charge on any atom is 0.170 e. The molecule has 1 N–H and O–H groups in total. The predicted molar refractivity (Wildman–Crippen MR) is 35.3 cm³/mol. The maximum atomic E-state index is 8.96. The van der Waals surface area contributed by atoms with Crippen LogP contribution in [0.15, 0.2) is 6.07 Å². The van der Waals surface area contributed by atoms with Crippen molar-refractivity contribution in [2.24, 2.45) is 0 Å². The Balaban J connectivity index is 3.17. The molecule has 0 bridgehead atoms. The van der Waals surface area contributed by atoms with Gasteiger partial charge in [-0.2, -0.15) is 0 Å². The highest BCUT2D eigenvalue weighted by Crippen LogP contribution is 2.11. The molecule has 0 aromatic heterocycles. The molecule has 46 valence electrons. The van der Waals surface area contributed by atoms with Crippen molar-refractivity contribution in [1.29, 1.82) is 0 Å². The van der Waals surface area contributed by atoms with E-state index in [4.69, 9.17) is 5.11 Å². The lowest BCUT2D eigenvalue weighted by atomic mass is 10.2. The zero-order valence-corrected chi connectivity index (χ0v) is 5.52. The molecule has 1 aromatic carbocycles. The standard InChI is InChI=1S/C8H8O/c1-6-3-4-8(9)7(2)5-6/h5,9H,1-2H3. The van der Waals surface area contributed by atoms with E-state index in [9.17, 15) is 0 Å². The third-order valence-corrected chi connectivity index (χ3v) is 1.18. The smallest absolute Gasteiger partial charge is 0.170 e. The Bertz CT molecular complexity index is 216. The normalized spacial score (nSPS) is 8.67. The first-order chi connectivity index (χ1) is 4.20. The first-order valence-corrected chi connectivity index (χ1v) is 2.80. The molecule has 0 heterocycles. The zero-order valence-electron chi connectivity index (χ0n) is 5.52. The van der Waals surface area contributed by atoms with Crippen molar-refractivity contribution in [2.75, 3.05) is 0 Å². The van der Waals surface area contributed by atoms with Crippen LogP contribution in [0.1, 0.15) is 11.1 Å². The molecule has 9 heavy (non-hydrogen) atoms. The lowest BCUT2D eigenvalue weighted by molar-refractivity contribution is 0.471. The quantitative estimate of drug-likeness (QED) is 0.551. The van der Waals surface area contributed by atoms with Crippen LogP contribution < -0.4 is 0 Å². The molecule has 0 atom stereocenters. The average molecular weight is 120 g/mol. The van der Waals surface area contributed by atoms with Gasteiger partial charge in [0, 0.05) is 5.56 Å². The van der Waals surface area contributed by atoms with E-state index in [2.05, 4.69) is 12.1 Å². The van der Waals surface area contributed by atoms with Crippen molar-refractivity contribution in [1.82, 2.24) is 0 Å². The number of aromatic hydroxyl groups is 1. The average Bonchev–Trinajstić information content (AvgIpc) is 1.80. The van der Waals surface area contributed by atoms with Crippen LogP contribution in [0.2, 0.25) is 0 Å². The van der Waals surface area contributed by atoms with E-state index in [1.54, 1.807) is 0 Å². The minimum atomic E-state index is 0.195. The highest BCUT2D eigenvalue weighted by Gasteiger charge is 1.90. The van der Waals surface area contributed by atoms with Gasteiger partial charge in [0.05, 0.1) is 0 Å². The van der Waals surface area contributed by atoms with Gasteiger partial charge in [-0.15, -0.1) is 0 Å². The molecular formula is C8H8O.